The minimum Gasteiger partial charge on any atom is -0.393 e. The third-order valence-corrected chi connectivity index (χ3v) is 4.41. The van der Waals surface area contributed by atoms with Crippen LogP contribution in [0.1, 0.15) is 5.56 Å². The van der Waals surface area contributed by atoms with Gasteiger partial charge >= 0.3 is 0 Å². The van der Waals surface area contributed by atoms with Crippen molar-refractivity contribution >= 4 is 34.4 Å². The first-order valence-electron chi connectivity index (χ1n) is 9.32. The van der Waals surface area contributed by atoms with Gasteiger partial charge in [0.25, 0.3) is 0 Å². The molecule has 6 heteroatoms. The maximum absolute atomic E-state index is 6.40. The number of nitrogens with one attached hydrogen (secondary N) is 2. The lowest BCUT2D eigenvalue weighted by atomic mass is 10.2. The summed E-state index contributed by atoms with van der Waals surface area (Å²) in [5.41, 5.74) is 14.2. The topological polar surface area (TPSA) is 79.1 Å². The average molecular weight is 382 g/mol. The van der Waals surface area contributed by atoms with Crippen LogP contribution in [0, 0.1) is 6.92 Å². The van der Waals surface area contributed by atoms with E-state index in [-0.39, 0.29) is 0 Å². The molecule has 3 aromatic carbocycles. The molecule has 4 rings (SSSR count). The highest BCUT2D eigenvalue weighted by Gasteiger charge is 2.14. The van der Waals surface area contributed by atoms with Crippen molar-refractivity contribution < 1.29 is 0 Å². The molecule has 0 amide bonds. The number of hydrogen-bond donors (Lipinski definition) is 3. The van der Waals surface area contributed by atoms with Gasteiger partial charge in [-0.2, -0.15) is 0 Å². The number of nitrogen functional groups attached to an aromatic ring is 1. The first kappa shape index (κ1) is 18.3. The molecule has 0 atom stereocenters. The Morgan fingerprint density at radius 1 is 0.759 bits per heavy atom. The van der Waals surface area contributed by atoms with Gasteiger partial charge in [0.1, 0.15) is 12.0 Å². The number of nitrogens with zero attached hydrogens (tertiary/aromatic N) is 3. The molecule has 0 aliphatic carbocycles. The van der Waals surface area contributed by atoms with Crippen molar-refractivity contribution in [2.45, 2.75) is 6.92 Å². The Labute approximate surface area is 170 Å². The summed E-state index contributed by atoms with van der Waals surface area (Å²) in [6.07, 6.45) is 1.49. The number of hydrogen-bond acceptors (Lipinski definition) is 6. The second kappa shape index (κ2) is 8.31. The Morgan fingerprint density at radius 2 is 1.38 bits per heavy atom. The number of hydrazine groups is 1. The molecule has 0 saturated heterocycles. The number of para-hydroxylation sites is 2. The van der Waals surface area contributed by atoms with Crippen molar-refractivity contribution in [1.82, 2.24) is 9.97 Å². The molecule has 144 valence electrons. The van der Waals surface area contributed by atoms with E-state index in [4.69, 9.17) is 5.73 Å². The number of nitrogens with two attached hydrogens (primary N) is 1. The van der Waals surface area contributed by atoms with Crippen LogP contribution >= 0.6 is 0 Å². The van der Waals surface area contributed by atoms with Gasteiger partial charge in [-0.25, -0.2) is 9.97 Å². The minimum absolute atomic E-state index is 0.436. The maximum Gasteiger partial charge on any atom is 0.173 e. The number of anilines is 6. The van der Waals surface area contributed by atoms with Gasteiger partial charge in [0.05, 0.1) is 11.4 Å². The summed E-state index contributed by atoms with van der Waals surface area (Å²) in [4.78, 5) is 8.67. The van der Waals surface area contributed by atoms with E-state index >= 15 is 0 Å². The fourth-order valence-electron chi connectivity index (χ4n) is 2.98. The summed E-state index contributed by atoms with van der Waals surface area (Å²) in [6, 6.07) is 28.0. The molecular weight excluding hydrogens is 360 g/mol. The molecule has 0 radical (unpaired) electrons. The third-order valence-electron chi connectivity index (χ3n) is 4.41. The van der Waals surface area contributed by atoms with Crippen molar-refractivity contribution in [3.8, 4) is 0 Å². The van der Waals surface area contributed by atoms with Crippen molar-refractivity contribution in [3.63, 3.8) is 0 Å². The van der Waals surface area contributed by atoms with E-state index in [1.165, 1.54) is 6.33 Å². The van der Waals surface area contributed by atoms with Crippen LogP contribution in [0.2, 0.25) is 0 Å². The highest BCUT2D eigenvalue weighted by Crippen LogP contribution is 2.30. The van der Waals surface area contributed by atoms with Gasteiger partial charge in [-0.05, 0) is 48.9 Å². The van der Waals surface area contributed by atoms with Crippen molar-refractivity contribution in [2.24, 2.45) is 0 Å². The molecule has 0 spiro atoms. The standard InChI is InChI=1S/C23H22N6/c1-17-9-8-10-18(15-17)27-22-21(24)23(26-16-25-22)28-29(19-11-4-2-5-12-19)20-13-6-3-7-14-20/h2-16H,24H2,1H3,(H2,25,26,27,28). The quantitative estimate of drug-likeness (QED) is 0.394. The van der Waals surface area contributed by atoms with E-state index in [0.29, 0.717) is 17.3 Å². The van der Waals surface area contributed by atoms with E-state index in [0.717, 1.165) is 22.6 Å². The van der Waals surface area contributed by atoms with Crippen LogP contribution in [0.15, 0.2) is 91.3 Å². The van der Waals surface area contributed by atoms with Gasteiger partial charge in [-0.3, -0.25) is 10.4 Å². The van der Waals surface area contributed by atoms with Gasteiger partial charge in [0.15, 0.2) is 11.6 Å². The van der Waals surface area contributed by atoms with Crippen LogP contribution in [0.5, 0.6) is 0 Å². The van der Waals surface area contributed by atoms with E-state index in [2.05, 4.69) is 20.7 Å². The first-order chi connectivity index (χ1) is 14.2. The molecule has 0 aliphatic rings. The number of aryl methyl sites for hydroxylation is 1. The number of benzene rings is 3. The van der Waals surface area contributed by atoms with Gasteiger partial charge in [-0.15, -0.1) is 0 Å². The molecule has 1 aromatic heterocycles. The Hall–Kier alpha value is -4.06. The monoisotopic (exact) mass is 382 g/mol. The van der Waals surface area contributed by atoms with Gasteiger partial charge in [0.2, 0.25) is 0 Å². The van der Waals surface area contributed by atoms with E-state index < -0.39 is 0 Å². The largest absolute Gasteiger partial charge is 0.393 e. The average Bonchev–Trinajstić information content (AvgIpc) is 2.76. The van der Waals surface area contributed by atoms with Crippen LogP contribution in [-0.2, 0) is 0 Å². The highest BCUT2D eigenvalue weighted by molar-refractivity contribution is 5.80. The molecule has 0 fully saturated rings. The van der Waals surface area contributed by atoms with E-state index in [9.17, 15) is 0 Å². The van der Waals surface area contributed by atoms with E-state index in [1.807, 2.05) is 96.9 Å². The molecule has 4 aromatic rings. The maximum atomic E-state index is 6.40. The second-order valence-corrected chi connectivity index (χ2v) is 6.60. The Bertz CT molecular complexity index is 1040. The molecule has 6 nitrogen and oxygen atoms in total. The predicted octanol–water partition coefficient (Wildman–Crippen LogP) is 5.28. The summed E-state index contributed by atoms with van der Waals surface area (Å²) in [5.74, 6) is 1.07. The van der Waals surface area contributed by atoms with Crippen LogP contribution < -0.4 is 21.5 Å². The van der Waals surface area contributed by atoms with Crippen molar-refractivity contribution in [1.29, 1.82) is 0 Å². The molecule has 4 N–H and O–H groups in total. The minimum atomic E-state index is 0.436. The highest BCUT2D eigenvalue weighted by atomic mass is 15.5. The fourth-order valence-corrected chi connectivity index (χ4v) is 2.98. The van der Waals surface area contributed by atoms with Crippen molar-refractivity contribution in [3.05, 3.63) is 96.8 Å². The normalized spacial score (nSPS) is 10.4. The second-order valence-electron chi connectivity index (χ2n) is 6.60. The van der Waals surface area contributed by atoms with Crippen LogP contribution in [0.25, 0.3) is 0 Å². The molecule has 1 heterocycles. The molecule has 0 aliphatic heterocycles. The SMILES string of the molecule is Cc1cccc(Nc2ncnc(NN(c3ccccc3)c3ccccc3)c2N)c1. The number of rotatable bonds is 6. The Balaban J connectivity index is 1.66. The van der Waals surface area contributed by atoms with E-state index in [1.54, 1.807) is 0 Å². The molecular formula is C23H22N6. The summed E-state index contributed by atoms with van der Waals surface area (Å²) < 4.78 is 0. The zero-order chi connectivity index (χ0) is 20.1. The smallest absolute Gasteiger partial charge is 0.173 e. The lowest BCUT2D eigenvalue weighted by molar-refractivity contribution is 1.09. The number of aromatic nitrogens is 2. The fraction of sp³-hybridized carbons (Fsp3) is 0.0435. The summed E-state index contributed by atoms with van der Waals surface area (Å²) >= 11 is 0. The third kappa shape index (κ3) is 4.27. The molecule has 0 saturated carbocycles. The zero-order valence-corrected chi connectivity index (χ0v) is 16.1. The summed E-state index contributed by atoms with van der Waals surface area (Å²) in [6.45, 7) is 2.04. The molecule has 0 unspecified atom stereocenters. The van der Waals surface area contributed by atoms with Crippen molar-refractivity contribution in [2.75, 3.05) is 21.5 Å². The van der Waals surface area contributed by atoms with Crippen LogP contribution in [-0.4, -0.2) is 9.97 Å². The van der Waals surface area contributed by atoms with Gasteiger partial charge in [-0.1, -0.05) is 48.5 Å². The molecule has 0 bridgehead atoms. The molecule has 29 heavy (non-hydrogen) atoms. The van der Waals surface area contributed by atoms with Gasteiger partial charge in [0, 0.05) is 5.69 Å². The summed E-state index contributed by atoms with van der Waals surface area (Å²) in [5, 5.41) is 5.21. The predicted molar refractivity (Wildman–Crippen MR) is 120 cm³/mol. The van der Waals surface area contributed by atoms with Crippen LogP contribution in [0.4, 0.5) is 34.4 Å². The lowest BCUT2D eigenvalue weighted by Crippen LogP contribution is -2.26. The Morgan fingerprint density at radius 3 is 2.00 bits per heavy atom. The first-order valence-corrected chi connectivity index (χ1v) is 9.32. The van der Waals surface area contributed by atoms with Gasteiger partial charge < -0.3 is 11.1 Å². The zero-order valence-electron chi connectivity index (χ0n) is 16.1. The van der Waals surface area contributed by atoms with Crippen LogP contribution in [0.3, 0.4) is 0 Å². The Kier molecular flexibility index (Phi) is 5.25. The summed E-state index contributed by atoms with van der Waals surface area (Å²) in [7, 11) is 0. The lowest BCUT2D eigenvalue weighted by Gasteiger charge is -2.26.